The average molecular weight is 826 g/mol. The van der Waals surface area contributed by atoms with Crippen LogP contribution >= 0.6 is 0 Å². The summed E-state index contributed by atoms with van der Waals surface area (Å²) in [6, 6.07) is 0. The molecule has 0 unspecified atom stereocenters. The number of aliphatic hydroxyl groups is 2. The molecule has 0 bridgehead atoms. The van der Waals surface area contributed by atoms with Gasteiger partial charge in [0.2, 0.25) is 0 Å². The summed E-state index contributed by atoms with van der Waals surface area (Å²) in [6.07, 6.45) is -32.7. The van der Waals surface area contributed by atoms with Crippen LogP contribution in [-0.2, 0) is 9.47 Å². The maximum atomic E-state index is 14.3. The molecule has 0 spiro atoms. The van der Waals surface area contributed by atoms with E-state index in [1.165, 1.54) is 0 Å². The molecule has 2 N–H and O–H groups in total. The average Bonchev–Trinajstić information content (AvgIpc) is 3.31. The topological polar surface area (TPSA) is 58.9 Å². The van der Waals surface area contributed by atoms with Gasteiger partial charge in [0.15, 0.2) is 5.79 Å². The second-order valence-electron chi connectivity index (χ2n) is 10.6. The van der Waals surface area contributed by atoms with Gasteiger partial charge in [0.1, 0.15) is 12.2 Å². The minimum atomic E-state index is -8.45. The third kappa shape index (κ3) is 7.06. The van der Waals surface area contributed by atoms with Gasteiger partial charge in [-0.15, -0.1) is 0 Å². The summed E-state index contributed by atoms with van der Waals surface area (Å²) < 4.78 is 357. The molecule has 30 heteroatoms. The summed E-state index contributed by atoms with van der Waals surface area (Å²) in [7, 11) is 0. The Morgan fingerprint density at radius 1 is 0.353 bits per heavy atom. The first kappa shape index (κ1) is 47.0. The Morgan fingerprint density at radius 2 is 0.569 bits per heavy atom. The van der Waals surface area contributed by atoms with Crippen LogP contribution in [0, 0.1) is 0 Å². The first-order valence-electron chi connectivity index (χ1n) is 12.5. The van der Waals surface area contributed by atoms with Crippen molar-refractivity contribution < 1.29 is 134 Å². The van der Waals surface area contributed by atoms with Crippen molar-refractivity contribution in [3.8, 4) is 0 Å². The number of hydrogen-bond acceptors (Lipinski definition) is 4. The van der Waals surface area contributed by atoms with Crippen LogP contribution in [0.1, 0.15) is 25.7 Å². The third-order valence-corrected chi connectivity index (χ3v) is 7.14. The number of aliphatic hydroxyl groups excluding tert-OH is 2. The highest BCUT2D eigenvalue weighted by Gasteiger charge is 2.92. The van der Waals surface area contributed by atoms with Crippen LogP contribution in [0.15, 0.2) is 0 Å². The molecule has 0 saturated carbocycles. The van der Waals surface area contributed by atoms with Crippen molar-refractivity contribution in [2.45, 2.75) is 115 Å². The summed E-state index contributed by atoms with van der Waals surface area (Å²) in [5.74, 6) is -84.5. The molecule has 306 valence electrons. The highest BCUT2D eigenvalue weighted by molar-refractivity contribution is 5.12. The minimum absolute atomic E-state index is 1.65. The molecule has 2 atom stereocenters. The Bertz CT molecular complexity index is 1110. The monoisotopic (exact) mass is 826 g/mol. The lowest BCUT2D eigenvalue weighted by Gasteiger charge is -2.41. The Kier molecular flexibility index (Phi) is 12.1. The van der Waals surface area contributed by atoms with Crippen molar-refractivity contribution in [2.75, 3.05) is 13.2 Å². The fraction of sp³-hybridized carbons (Fsp3) is 1.00. The molecule has 0 aromatic carbocycles. The predicted molar refractivity (Wildman–Crippen MR) is 107 cm³/mol. The van der Waals surface area contributed by atoms with Gasteiger partial charge >= 0.3 is 71.6 Å². The summed E-state index contributed by atoms with van der Waals surface area (Å²) >= 11 is 0. The van der Waals surface area contributed by atoms with Crippen LogP contribution in [0.2, 0.25) is 0 Å². The van der Waals surface area contributed by atoms with Crippen LogP contribution in [0.5, 0.6) is 0 Å². The Balaban J connectivity index is 3.63. The van der Waals surface area contributed by atoms with Gasteiger partial charge in [0.25, 0.3) is 0 Å². The molecule has 0 radical (unpaired) electrons. The van der Waals surface area contributed by atoms with Gasteiger partial charge in [-0.05, 0) is 0 Å². The van der Waals surface area contributed by atoms with E-state index in [2.05, 4.69) is 9.47 Å². The van der Waals surface area contributed by atoms with Gasteiger partial charge in [-0.25, -0.2) is 0 Å². The van der Waals surface area contributed by atoms with Crippen molar-refractivity contribution in [1.29, 1.82) is 0 Å². The number of hydrogen-bond donors (Lipinski definition) is 2. The highest BCUT2D eigenvalue weighted by atomic mass is 19.4. The normalized spacial score (nSPS) is 21.4. The standard InChI is InChI=1S/C21H16F26O4/c22-10(23,12(26,27)14(30,31)16(34,35)18(38,39)20(42,43)44)3-1-9(50-7(5-48)8(6-49)51-9)2-4-11(24,25)13(28,29)15(32,33)17(36,37)19(40,41)21(45,46)47/h7-8,48-49H,1-6H2/t7-,8-/m0/s1. The van der Waals surface area contributed by atoms with E-state index in [0.29, 0.717) is 0 Å². The lowest BCUT2D eigenvalue weighted by molar-refractivity contribution is -0.441. The molecule has 0 aromatic heterocycles. The van der Waals surface area contributed by atoms with Crippen LogP contribution in [0.4, 0.5) is 114 Å². The van der Waals surface area contributed by atoms with Crippen LogP contribution in [0.25, 0.3) is 0 Å². The van der Waals surface area contributed by atoms with E-state index >= 15 is 0 Å². The summed E-state index contributed by atoms with van der Waals surface area (Å²) in [6.45, 7) is -3.31. The molecule has 0 aromatic rings. The number of rotatable bonds is 16. The summed E-state index contributed by atoms with van der Waals surface area (Å²) in [4.78, 5) is 0. The van der Waals surface area contributed by atoms with E-state index in [9.17, 15) is 114 Å². The molecule has 1 saturated heterocycles. The third-order valence-electron chi connectivity index (χ3n) is 7.14. The zero-order valence-electron chi connectivity index (χ0n) is 23.4. The molecule has 4 nitrogen and oxygen atoms in total. The maximum Gasteiger partial charge on any atom is 0.460 e. The molecular formula is C21H16F26O4. The van der Waals surface area contributed by atoms with Crippen LogP contribution < -0.4 is 0 Å². The minimum Gasteiger partial charge on any atom is -0.394 e. The van der Waals surface area contributed by atoms with Gasteiger partial charge in [-0.2, -0.15) is 114 Å². The second-order valence-corrected chi connectivity index (χ2v) is 10.6. The smallest absolute Gasteiger partial charge is 0.394 e. The fourth-order valence-corrected chi connectivity index (χ4v) is 4.01. The van der Waals surface area contributed by atoms with E-state index in [1.54, 1.807) is 0 Å². The van der Waals surface area contributed by atoms with E-state index in [1.807, 2.05) is 0 Å². The van der Waals surface area contributed by atoms with Crippen molar-refractivity contribution in [3.05, 3.63) is 0 Å². The zero-order chi connectivity index (χ0) is 41.3. The van der Waals surface area contributed by atoms with Crippen molar-refractivity contribution >= 4 is 0 Å². The van der Waals surface area contributed by atoms with E-state index in [0.717, 1.165) is 0 Å². The van der Waals surface area contributed by atoms with Gasteiger partial charge in [0, 0.05) is 25.7 Å². The second kappa shape index (κ2) is 13.1. The molecular weight excluding hydrogens is 810 g/mol. The molecule has 0 amide bonds. The van der Waals surface area contributed by atoms with Crippen molar-refractivity contribution in [3.63, 3.8) is 0 Å². The van der Waals surface area contributed by atoms with Gasteiger partial charge in [-0.1, -0.05) is 0 Å². The van der Waals surface area contributed by atoms with Gasteiger partial charge < -0.3 is 19.7 Å². The number of alkyl halides is 26. The van der Waals surface area contributed by atoms with Crippen LogP contribution in [-0.4, -0.2) is 113 Å². The maximum absolute atomic E-state index is 14.3. The largest absolute Gasteiger partial charge is 0.460 e. The molecule has 1 aliphatic heterocycles. The first-order valence-corrected chi connectivity index (χ1v) is 12.5. The SMILES string of the molecule is OC[C@@H]1OC(CCC(F)(F)C(F)(F)C(F)(F)C(F)(F)C(F)(F)C(F)(F)F)(CCC(F)(F)C(F)(F)C(F)(F)C(F)(F)C(F)(F)C(F)(F)F)O[C@H]1CO. The Hall–Kier alpha value is -1.98. The highest BCUT2D eigenvalue weighted by Crippen LogP contribution is 2.63. The quantitative estimate of drug-likeness (QED) is 0.154. The molecule has 0 aliphatic carbocycles. The van der Waals surface area contributed by atoms with E-state index in [4.69, 9.17) is 10.2 Å². The lowest BCUT2D eigenvalue weighted by atomic mass is 9.88. The zero-order valence-corrected chi connectivity index (χ0v) is 23.4. The van der Waals surface area contributed by atoms with Crippen molar-refractivity contribution in [1.82, 2.24) is 0 Å². The van der Waals surface area contributed by atoms with Gasteiger partial charge in [-0.3, -0.25) is 0 Å². The molecule has 1 aliphatic rings. The van der Waals surface area contributed by atoms with Crippen LogP contribution in [0.3, 0.4) is 0 Å². The lowest BCUT2D eigenvalue weighted by Crippen LogP contribution is -2.70. The van der Waals surface area contributed by atoms with E-state index in [-0.39, 0.29) is 0 Å². The van der Waals surface area contributed by atoms with E-state index < -0.39 is 128 Å². The Labute approximate surface area is 263 Å². The van der Waals surface area contributed by atoms with Crippen molar-refractivity contribution in [2.24, 2.45) is 0 Å². The summed E-state index contributed by atoms with van der Waals surface area (Å²) in [5.41, 5.74) is 0. The fourth-order valence-electron chi connectivity index (χ4n) is 4.01. The molecule has 1 rings (SSSR count). The number of halogens is 26. The van der Waals surface area contributed by atoms with Gasteiger partial charge in [0.05, 0.1) is 13.2 Å². The molecule has 1 fully saturated rings. The first-order chi connectivity index (χ1) is 22.0. The number of ether oxygens (including phenoxy) is 2. The summed E-state index contributed by atoms with van der Waals surface area (Å²) in [5, 5.41) is 18.3. The molecule has 51 heavy (non-hydrogen) atoms. The predicted octanol–water partition coefficient (Wildman–Crippen LogP) is 8.49. The Morgan fingerprint density at radius 3 is 0.765 bits per heavy atom. The molecule has 1 heterocycles.